The monoisotopic (exact) mass is 430 g/mol. The van der Waals surface area contributed by atoms with Crippen LogP contribution in [0.15, 0.2) is 0 Å². The molecule has 134 valence electrons. The van der Waals surface area contributed by atoms with Gasteiger partial charge in [0.05, 0.1) is 0 Å². The van der Waals surface area contributed by atoms with Crippen LogP contribution in [-0.4, -0.2) is 0 Å². The van der Waals surface area contributed by atoms with Gasteiger partial charge < -0.3 is 27.8 Å². The fraction of sp³-hybridized carbons (Fsp3) is 0.500. The minimum atomic E-state index is -0.826. The second kappa shape index (κ2) is 10.2. The molecular weight excluding hydrogens is 402 g/mol. The third kappa shape index (κ3) is 5.59. The summed E-state index contributed by atoms with van der Waals surface area (Å²) in [6, 6.07) is 0. The first-order chi connectivity index (χ1) is 10.5. The van der Waals surface area contributed by atoms with Crippen molar-refractivity contribution in [3.05, 3.63) is 55.6 Å². The Kier molecular flexibility index (Phi) is 10.3. The van der Waals surface area contributed by atoms with Crippen LogP contribution in [0.1, 0.15) is 55.6 Å². The van der Waals surface area contributed by atoms with Gasteiger partial charge in [-0.05, 0) is 0 Å². The summed E-state index contributed by atoms with van der Waals surface area (Å²) < 4.78 is 0. The first-order valence-corrected chi connectivity index (χ1v) is 14.2. The molecule has 0 bridgehead atoms. The Morgan fingerprint density at radius 2 is 0.739 bits per heavy atom. The molecule has 0 heterocycles. The first-order valence-electron chi connectivity index (χ1n) is 7.88. The summed E-state index contributed by atoms with van der Waals surface area (Å²) in [6.45, 7) is 22.0. The molecule has 3 heteroatoms. The van der Waals surface area contributed by atoms with Crippen molar-refractivity contribution in [1.82, 2.24) is 0 Å². The molecule has 0 aliphatic rings. The van der Waals surface area contributed by atoms with Crippen molar-refractivity contribution in [2.24, 2.45) is 0 Å². The van der Waals surface area contributed by atoms with Crippen LogP contribution < -0.4 is 0 Å². The van der Waals surface area contributed by atoms with Crippen molar-refractivity contribution in [2.45, 2.75) is 69.2 Å². The SMILES string of the molecule is C[c-]1[c-](C)[c-](C)[c-](C)[c-]1C.Cc1c(C)c(C)[c-](C)c1C.[Cl][Zr][Cl]. The molecule has 0 unspecified atom stereocenters. The molecule has 2 aromatic rings. The van der Waals surface area contributed by atoms with Gasteiger partial charge in [0.2, 0.25) is 0 Å². The van der Waals surface area contributed by atoms with Gasteiger partial charge in [0, 0.05) is 0 Å². The number of hydrogen-bond donors (Lipinski definition) is 0. The van der Waals surface area contributed by atoms with E-state index in [-0.39, 0.29) is 0 Å². The predicted octanol–water partition coefficient (Wildman–Crippen LogP) is 7.27. The molecule has 23 heavy (non-hydrogen) atoms. The van der Waals surface area contributed by atoms with Crippen LogP contribution in [0.3, 0.4) is 0 Å². The van der Waals surface area contributed by atoms with E-state index in [9.17, 15) is 0 Å². The predicted molar refractivity (Wildman–Crippen MR) is 103 cm³/mol. The van der Waals surface area contributed by atoms with Crippen LogP contribution in [0.4, 0.5) is 0 Å². The summed E-state index contributed by atoms with van der Waals surface area (Å²) in [6.07, 6.45) is 0. The molecule has 0 fully saturated rings. The Balaban J connectivity index is 0.000000360. The molecule has 0 nitrogen and oxygen atoms in total. The zero-order valence-corrected chi connectivity index (χ0v) is 20.2. The second-order valence-electron chi connectivity index (χ2n) is 6.32. The van der Waals surface area contributed by atoms with Crippen LogP contribution >= 0.6 is 17.0 Å². The molecule has 0 aliphatic heterocycles. The van der Waals surface area contributed by atoms with Crippen molar-refractivity contribution >= 4 is 17.0 Å². The third-order valence-corrected chi connectivity index (χ3v) is 5.62. The van der Waals surface area contributed by atoms with Crippen LogP contribution in [0, 0.1) is 69.2 Å². The van der Waals surface area contributed by atoms with Crippen molar-refractivity contribution in [2.75, 3.05) is 0 Å². The zero-order chi connectivity index (χ0) is 18.5. The van der Waals surface area contributed by atoms with E-state index in [1.54, 1.807) is 0 Å². The number of halogens is 2. The van der Waals surface area contributed by atoms with Gasteiger partial charge in [0.25, 0.3) is 0 Å². The average molecular weight is 433 g/mol. The van der Waals surface area contributed by atoms with Crippen LogP contribution in [0.5, 0.6) is 0 Å². The fourth-order valence-corrected chi connectivity index (χ4v) is 2.81. The number of hydrogen-bond acceptors (Lipinski definition) is 0. The topological polar surface area (TPSA) is 0 Å². The average Bonchev–Trinajstić information content (AvgIpc) is 2.80. The van der Waals surface area contributed by atoms with Gasteiger partial charge in [-0.25, -0.2) is 34.6 Å². The molecule has 0 saturated heterocycles. The number of rotatable bonds is 0. The normalized spacial score (nSPS) is 9.74. The van der Waals surface area contributed by atoms with Gasteiger partial charge in [0.15, 0.2) is 0 Å². The van der Waals surface area contributed by atoms with E-state index in [1.165, 1.54) is 55.6 Å². The summed E-state index contributed by atoms with van der Waals surface area (Å²) in [7, 11) is 9.87. The summed E-state index contributed by atoms with van der Waals surface area (Å²) in [4.78, 5) is 0. The summed E-state index contributed by atoms with van der Waals surface area (Å²) in [5.74, 6) is 0. The Hall–Kier alpha value is 0.163. The van der Waals surface area contributed by atoms with Gasteiger partial charge in [-0.15, -0.1) is 0 Å². The molecule has 2 aromatic carbocycles. The van der Waals surface area contributed by atoms with Crippen LogP contribution in [0.2, 0.25) is 0 Å². The quantitative estimate of drug-likeness (QED) is 0.384. The van der Waals surface area contributed by atoms with E-state index >= 15 is 0 Å². The van der Waals surface area contributed by atoms with Crippen molar-refractivity contribution in [3.63, 3.8) is 0 Å². The molecule has 2 rings (SSSR count). The van der Waals surface area contributed by atoms with E-state index in [4.69, 9.17) is 17.0 Å². The second-order valence-corrected chi connectivity index (χ2v) is 10.1. The maximum absolute atomic E-state index is 4.93. The summed E-state index contributed by atoms with van der Waals surface area (Å²) >= 11 is -0.826. The Morgan fingerprint density at radius 3 is 0.826 bits per heavy atom. The Labute approximate surface area is 162 Å². The minimum absolute atomic E-state index is 0.826. The standard InChI is InChI=1S/2C10H15.2ClH.Zr/c2*1-6-7(2)9(4)10(5)8(6)3;;;/h2*1-5H3;2*1H;/q-5;-1;;;+2/p-2. The van der Waals surface area contributed by atoms with E-state index in [0.717, 1.165) is 0 Å². The Morgan fingerprint density at radius 1 is 0.565 bits per heavy atom. The van der Waals surface area contributed by atoms with Gasteiger partial charge in [-0.2, -0.15) is 27.8 Å². The molecule has 0 spiro atoms. The van der Waals surface area contributed by atoms with Crippen molar-refractivity contribution in [3.8, 4) is 0 Å². The van der Waals surface area contributed by atoms with Crippen LogP contribution in [0.25, 0.3) is 0 Å². The van der Waals surface area contributed by atoms with Gasteiger partial charge in [-0.1, -0.05) is 34.6 Å². The van der Waals surface area contributed by atoms with E-state index in [0.29, 0.717) is 0 Å². The first kappa shape index (κ1) is 23.2. The zero-order valence-electron chi connectivity index (χ0n) is 16.3. The third-order valence-electron chi connectivity index (χ3n) is 5.62. The molecule has 0 N–H and O–H groups in total. The van der Waals surface area contributed by atoms with Crippen molar-refractivity contribution < 1.29 is 20.8 Å². The van der Waals surface area contributed by atoms with Gasteiger partial charge in [-0.3, -0.25) is 0 Å². The molecular formula is C20H30Cl2Zr-6. The molecule has 0 atom stereocenters. The van der Waals surface area contributed by atoms with E-state index < -0.39 is 20.8 Å². The molecule has 0 aliphatic carbocycles. The van der Waals surface area contributed by atoms with Crippen molar-refractivity contribution in [1.29, 1.82) is 0 Å². The van der Waals surface area contributed by atoms with Gasteiger partial charge >= 0.3 is 37.9 Å². The fourth-order valence-electron chi connectivity index (χ4n) is 2.81. The molecule has 0 amide bonds. The maximum atomic E-state index is 4.93. The molecule has 0 aromatic heterocycles. The Bertz CT molecular complexity index is 429. The molecule has 0 radical (unpaired) electrons. The van der Waals surface area contributed by atoms with E-state index in [2.05, 4.69) is 69.2 Å². The summed E-state index contributed by atoms with van der Waals surface area (Å²) in [5, 5.41) is 0. The van der Waals surface area contributed by atoms with E-state index in [1.807, 2.05) is 0 Å². The molecule has 0 saturated carbocycles. The van der Waals surface area contributed by atoms with Gasteiger partial charge in [0.1, 0.15) is 0 Å². The summed E-state index contributed by atoms with van der Waals surface area (Å²) in [5.41, 5.74) is 14.7. The van der Waals surface area contributed by atoms with Crippen LogP contribution in [-0.2, 0) is 20.8 Å².